The smallest absolute Gasteiger partial charge is 0.336 e. The topological polar surface area (TPSA) is 115 Å². The molecular weight excluding hydrogens is 456 g/mol. The molecule has 0 aliphatic carbocycles. The molecule has 8 heteroatoms. The van der Waals surface area contributed by atoms with Crippen LogP contribution in [0.3, 0.4) is 0 Å². The minimum absolute atomic E-state index is 0.0673. The van der Waals surface area contributed by atoms with Gasteiger partial charge >= 0.3 is 5.97 Å². The Balaban J connectivity index is 1.38. The second-order valence-corrected chi connectivity index (χ2v) is 9.53. The van der Waals surface area contributed by atoms with Crippen LogP contribution in [0.4, 0.5) is 0 Å². The molecule has 0 bridgehead atoms. The highest BCUT2D eigenvalue weighted by Gasteiger charge is 2.20. The monoisotopic (exact) mass is 480 g/mol. The molecule has 36 heavy (non-hydrogen) atoms. The lowest BCUT2D eigenvalue weighted by molar-refractivity contribution is 0.0697. The predicted molar refractivity (Wildman–Crippen MR) is 134 cm³/mol. The summed E-state index contributed by atoms with van der Waals surface area (Å²) < 4.78 is 11.7. The molecule has 0 aliphatic heterocycles. The minimum Gasteiger partial charge on any atom is -0.478 e. The Hall–Kier alpha value is -4.59. The van der Waals surface area contributed by atoms with Gasteiger partial charge in [0.25, 0.3) is 0 Å². The van der Waals surface area contributed by atoms with Gasteiger partial charge in [0.05, 0.1) is 11.1 Å². The summed E-state index contributed by atoms with van der Waals surface area (Å²) in [5.74, 6) is 0.226. The van der Waals surface area contributed by atoms with Gasteiger partial charge in [0.15, 0.2) is 0 Å². The fraction of sp³-hybridized carbons (Fsp3) is 0.179. The number of carboxylic acids is 1. The number of aromatic nitrogens is 4. The molecule has 8 nitrogen and oxygen atoms in total. The van der Waals surface area contributed by atoms with E-state index in [0.717, 1.165) is 16.7 Å². The van der Waals surface area contributed by atoms with Gasteiger partial charge in [-0.15, -0.1) is 20.4 Å². The summed E-state index contributed by atoms with van der Waals surface area (Å²) in [6.45, 7) is 8.31. The first-order valence-electron chi connectivity index (χ1n) is 11.4. The van der Waals surface area contributed by atoms with Crippen molar-refractivity contribution in [2.45, 2.75) is 33.1 Å². The molecule has 0 fully saturated rings. The van der Waals surface area contributed by atoms with E-state index in [2.05, 4.69) is 53.3 Å². The van der Waals surface area contributed by atoms with Crippen LogP contribution in [0.2, 0.25) is 0 Å². The predicted octanol–water partition coefficient (Wildman–Crippen LogP) is 6.42. The Labute approximate surface area is 207 Å². The summed E-state index contributed by atoms with van der Waals surface area (Å²) in [5, 5.41) is 26.1. The molecule has 2 aromatic heterocycles. The van der Waals surface area contributed by atoms with E-state index in [1.807, 2.05) is 36.4 Å². The van der Waals surface area contributed by atoms with Crippen molar-refractivity contribution in [3.05, 3.63) is 83.4 Å². The molecule has 0 radical (unpaired) electrons. The van der Waals surface area contributed by atoms with Crippen LogP contribution in [0.15, 0.2) is 75.6 Å². The zero-order valence-corrected chi connectivity index (χ0v) is 20.3. The molecule has 0 amide bonds. The van der Waals surface area contributed by atoms with Gasteiger partial charge in [0, 0.05) is 16.7 Å². The van der Waals surface area contributed by atoms with E-state index in [4.69, 9.17) is 8.83 Å². The molecule has 180 valence electrons. The lowest BCUT2D eigenvalue weighted by atomic mass is 9.87. The van der Waals surface area contributed by atoms with Crippen LogP contribution in [-0.4, -0.2) is 31.5 Å². The van der Waals surface area contributed by atoms with Gasteiger partial charge in [-0.05, 0) is 65.9 Å². The van der Waals surface area contributed by atoms with E-state index >= 15 is 0 Å². The molecule has 0 unspecified atom stereocenters. The normalized spacial score (nSPS) is 11.6. The van der Waals surface area contributed by atoms with Crippen LogP contribution in [0.1, 0.15) is 42.3 Å². The summed E-state index contributed by atoms with van der Waals surface area (Å²) in [4.78, 5) is 11.6. The van der Waals surface area contributed by atoms with E-state index in [9.17, 15) is 9.90 Å². The molecule has 3 aromatic carbocycles. The maximum absolute atomic E-state index is 11.6. The average molecular weight is 481 g/mol. The maximum Gasteiger partial charge on any atom is 0.336 e. The van der Waals surface area contributed by atoms with E-state index < -0.39 is 5.97 Å². The van der Waals surface area contributed by atoms with Crippen LogP contribution in [0, 0.1) is 6.92 Å². The minimum atomic E-state index is -1.05. The molecule has 0 saturated carbocycles. The lowest BCUT2D eigenvalue weighted by Crippen LogP contribution is -2.10. The van der Waals surface area contributed by atoms with Crippen molar-refractivity contribution in [1.82, 2.24) is 20.4 Å². The van der Waals surface area contributed by atoms with Crippen LogP contribution in [0.25, 0.3) is 45.8 Å². The largest absolute Gasteiger partial charge is 0.478 e. The van der Waals surface area contributed by atoms with Gasteiger partial charge in [-0.2, -0.15) is 0 Å². The summed E-state index contributed by atoms with van der Waals surface area (Å²) in [6.07, 6.45) is 0. The van der Waals surface area contributed by atoms with Gasteiger partial charge in [0.1, 0.15) is 0 Å². The molecular formula is C28H24N4O4. The van der Waals surface area contributed by atoms with Crippen molar-refractivity contribution in [2.24, 2.45) is 0 Å². The summed E-state index contributed by atoms with van der Waals surface area (Å²) >= 11 is 0. The number of carbonyl (C=O) groups is 1. The van der Waals surface area contributed by atoms with Crippen LogP contribution in [0.5, 0.6) is 0 Å². The van der Waals surface area contributed by atoms with Crippen molar-refractivity contribution in [2.75, 3.05) is 0 Å². The summed E-state index contributed by atoms with van der Waals surface area (Å²) in [7, 11) is 0. The van der Waals surface area contributed by atoms with Crippen molar-refractivity contribution < 1.29 is 18.7 Å². The number of aryl methyl sites for hydroxylation is 1. The second-order valence-electron chi connectivity index (χ2n) is 9.53. The Morgan fingerprint density at radius 2 is 1.14 bits per heavy atom. The number of hydrogen-bond acceptors (Lipinski definition) is 7. The zero-order valence-electron chi connectivity index (χ0n) is 20.3. The van der Waals surface area contributed by atoms with Gasteiger partial charge in [-0.1, -0.05) is 45.0 Å². The Bertz CT molecular complexity index is 1540. The highest BCUT2D eigenvalue weighted by Crippen LogP contribution is 2.31. The maximum atomic E-state index is 11.6. The third kappa shape index (κ3) is 4.40. The van der Waals surface area contributed by atoms with Crippen molar-refractivity contribution in [3.63, 3.8) is 0 Å². The molecule has 0 saturated heterocycles. The quantitative estimate of drug-likeness (QED) is 0.306. The Kier molecular flexibility index (Phi) is 5.72. The number of aromatic carboxylic acids is 1. The molecule has 0 aliphatic rings. The Morgan fingerprint density at radius 3 is 1.61 bits per heavy atom. The van der Waals surface area contributed by atoms with Crippen molar-refractivity contribution in [3.8, 4) is 45.8 Å². The lowest BCUT2D eigenvalue weighted by Gasteiger charge is -2.18. The van der Waals surface area contributed by atoms with E-state index in [1.165, 1.54) is 11.6 Å². The number of benzene rings is 3. The van der Waals surface area contributed by atoms with Crippen LogP contribution in [-0.2, 0) is 5.41 Å². The highest BCUT2D eigenvalue weighted by atomic mass is 16.4. The first-order valence-corrected chi connectivity index (χ1v) is 11.4. The fourth-order valence-corrected chi connectivity index (χ4v) is 3.90. The number of rotatable bonds is 5. The van der Waals surface area contributed by atoms with E-state index in [1.54, 1.807) is 19.1 Å². The molecule has 0 atom stereocenters. The summed E-state index contributed by atoms with van der Waals surface area (Å²) in [5.41, 5.74) is 4.84. The highest BCUT2D eigenvalue weighted by molar-refractivity contribution is 5.95. The van der Waals surface area contributed by atoms with E-state index in [-0.39, 0.29) is 22.8 Å². The van der Waals surface area contributed by atoms with Crippen molar-refractivity contribution in [1.29, 1.82) is 0 Å². The number of hydrogen-bond donors (Lipinski definition) is 1. The molecule has 2 heterocycles. The molecule has 1 N–H and O–H groups in total. The molecule has 0 spiro atoms. The van der Waals surface area contributed by atoms with E-state index in [0.29, 0.717) is 22.9 Å². The van der Waals surface area contributed by atoms with Gasteiger partial charge < -0.3 is 13.9 Å². The summed E-state index contributed by atoms with van der Waals surface area (Å²) in [6, 6.07) is 20.4. The average Bonchev–Trinajstić information content (AvgIpc) is 3.54. The first-order chi connectivity index (χ1) is 17.2. The second kappa shape index (κ2) is 8.88. The SMILES string of the molecule is Cc1cccc(C(=O)O)c1-c1nnc(-c2ccc(-c3nnc(-c4ccc(C(C)(C)C)cc4)o3)cc2)o1. The fourth-order valence-electron chi connectivity index (χ4n) is 3.90. The number of nitrogens with zero attached hydrogens (tertiary/aromatic N) is 4. The van der Waals surface area contributed by atoms with Gasteiger partial charge in [0.2, 0.25) is 23.6 Å². The van der Waals surface area contributed by atoms with Gasteiger partial charge in [-0.25, -0.2) is 4.79 Å². The van der Waals surface area contributed by atoms with Gasteiger partial charge in [-0.3, -0.25) is 0 Å². The van der Waals surface area contributed by atoms with Crippen LogP contribution < -0.4 is 0 Å². The standard InChI is InChI=1S/C28H24N4O4/c1-16-6-5-7-21(27(33)34)22(16)26-32-31-25(36-26)18-10-8-17(9-11-18)23-29-30-24(35-23)19-12-14-20(15-13-19)28(2,3)4/h5-15H,1-4H3,(H,33,34). The molecule has 5 rings (SSSR count). The van der Waals surface area contributed by atoms with Crippen molar-refractivity contribution >= 4 is 5.97 Å². The molecule has 5 aromatic rings. The third-order valence-electron chi connectivity index (χ3n) is 5.94. The number of carboxylic acid groups (broad SMARTS) is 1. The first kappa shape index (κ1) is 23.2. The van der Waals surface area contributed by atoms with Crippen LogP contribution >= 0.6 is 0 Å². The zero-order chi connectivity index (χ0) is 25.4. The Morgan fingerprint density at radius 1 is 0.694 bits per heavy atom. The third-order valence-corrected chi connectivity index (χ3v) is 5.94.